The van der Waals surface area contributed by atoms with Crippen LogP contribution in [0.4, 0.5) is 13.2 Å². The minimum Gasteiger partial charge on any atom is -0.423 e. The fraction of sp³-hybridized carbons (Fsp3) is 0.643. The van der Waals surface area contributed by atoms with E-state index in [0.717, 1.165) is 32.4 Å². The minimum absolute atomic E-state index is 0.117. The first-order valence-corrected chi connectivity index (χ1v) is 7.62. The van der Waals surface area contributed by atoms with E-state index in [-0.39, 0.29) is 17.8 Å². The number of halogens is 3. The molecule has 3 rings (SSSR count). The molecule has 9 heteroatoms. The van der Waals surface area contributed by atoms with E-state index < -0.39 is 12.6 Å². The van der Waals surface area contributed by atoms with Gasteiger partial charge in [-0.2, -0.15) is 18.3 Å². The Hall–Kier alpha value is -1.90. The lowest BCUT2D eigenvalue weighted by Gasteiger charge is -2.33. The summed E-state index contributed by atoms with van der Waals surface area (Å²) in [4.78, 5) is 2.18. The van der Waals surface area contributed by atoms with Crippen molar-refractivity contribution in [3.63, 3.8) is 0 Å². The summed E-state index contributed by atoms with van der Waals surface area (Å²) in [6.07, 6.45) is 0.949. The fourth-order valence-electron chi connectivity index (χ4n) is 2.85. The molecule has 1 fully saturated rings. The zero-order valence-corrected chi connectivity index (χ0v) is 12.5. The van der Waals surface area contributed by atoms with Gasteiger partial charge in [0.1, 0.15) is 6.42 Å². The zero-order chi connectivity index (χ0) is 16.3. The van der Waals surface area contributed by atoms with Crippen LogP contribution in [0.3, 0.4) is 0 Å². The second-order valence-corrected chi connectivity index (χ2v) is 5.64. The number of alkyl halides is 3. The molecule has 1 aliphatic rings. The molecular weight excluding hydrogens is 311 g/mol. The van der Waals surface area contributed by atoms with Crippen molar-refractivity contribution in [2.45, 2.75) is 44.4 Å². The Kier molecular flexibility index (Phi) is 4.65. The van der Waals surface area contributed by atoms with Crippen molar-refractivity contribution in [2.24, 2.45) is 0 Å². The maximum Gasteiger partial charge on any atom is 0.397 e. The van der Waals surface area contributed by atoms with Crippen LogP contribution in [0.2, 0.25) is 0 Å². The summed E-state index contributed by atoms with van der Waals surface area (Å²) in [7, 11) is 0. The molecule has 1 saturated heterocycles. The van der Waals surface area contributed by atoms with E-state index in [1.54, 1.807) is 6.20 Å². The van der Waals surface area contributed by atoms with Gasteiger partial charge in [-0.05, 0) is 25.5 Å². The number of nitrogens with zero attached hydrogens (tertiary/aromatic N) is 5. The standard InChI is InChI=1S/C14H18F3N5O/c15-14(16,17)10-12-19-20-13(23-12)11-4-1-2-6-21(11)8-9-22-7-3-5-18-22/h3,5,7,11H,1-2,4,6,8-10H2/t11-/m1/s1. The van der Waals surface area contributed by atoms with Crippen LogP contribution in [-0.4, -0.2) is 44.1 Å². The van der Waals surface area contributed by atoms with Crippen molar-refractivity contribution in [1.29, 1.82) is 0 Å². The average molecular weight is 329 g/mol. The lowest BCUT2D eigenvalue weighted by atomic mass is 10.0. The monoisotopic (exact) mass is 329 g/mol. The molecule has 0 aromatic carbocycles. The Morgan fingerprint density at radius 3 is 2.83 bits per heavy atom. The summed E-state index contributed by atoms with van der Waals surface area (Å²) in [5, 5.41) is 11.5. The predicted molar refractivity (Wildman–Crippen MR) is 74.4 cm³/mol. The van der Waals surface area contributed by atoms with E-state index in [0.29, 0.717) is 6.54 Å². The fourth-order valence-corrected chi connectivity index (χ4v) is 2.85. The molecule has 0 unspecified atom stereocenters. The van der Waals surface area contributed by atoms with Gasteiger partial charge < -0.3 is 4.42 Å². The van der Waals surface area contributed by atoms with Crippen LogP contribution >= 0.6 is 0 Å². The third-order valence-electron chi connectivity index (χ3n) is 3.91. The zero-order valence-electron chi connectivity index (χ0n) is 12.5. The Morgan fingerprint density at radius 1 is 1.22 bits per heavy atom. The van der Waals surface area contributed by atoms with Gasteiger partial charge in [0.05, 0.1) is 12.6 Å². The quantitative estimate of drug-likeness (QED) is 0.844. The van der Waals surface area contributed by atoms with Crippen LogP contribution in [-0.2, 0) is 13.0 Å². The summed E-state index contributed by atoms with van der Waals surface area (Å²) < 4.78 is 44.3. The van der Waals surface area contributed by atoms with Crippen molar-refractivity contribution in [3.05, 3.63) is 30.2 Å². The van der Waals surface area contributed by atoms with Gasteiger partial charge in [0.15, 0.2) is 0 Å². The van der Waals surface area contributed by atoms with E-state index >= 15 is 0 Å². The van der Waals surface area contributed by atoms with E-state index in [2.05, 4.69) is 20.2 Å². The Morgan fingerprint density at radius 2 is 2.09 bits per heavy atom. The topological polar surface area (TPSA) is 60.0 Å². The van der Waals surface area contributed by atoms with Crippen molar-refractivity contribution < 1.29 is 17.6 Å². The van der Waals surface area contributed by atoms with Crippen LogP contribution in [0.15, 0.2) is 22.9 Å². The van der Waals surface area contributed by atoms with Crippen molar-refractivity contribution in [2.75, 3.05) is 13.1 Å². The van der Waals surface area contributed by atoms with Crippen LogP contribution in [0.5, 0.6) is 0 Å². The van der Waals surface area contributed by atoms with Crippen molar-refractivity contribution >= 4 is 0 Å². The molecule has 0 saturated carbocycles. The first kappa shape index (κ1) is 16.0. The van der Waals surface area contributed by atoms with Crippen LogP contribution in [0, 0.1) is 0 Å². The van der Waals surface area contributed by atoms with Gasteiger partial charge in [0, 0.05) is 18.9 Å². The summed E-state index contributed by atoms with van der Waals surface area (Å²) in [6, 6.07) is 1.74. The molecule has 0 N–H and O–H groups in total. The van der Waals surface area contributed by atoms with E-state index in [1.165, 1.54) is 0 Å². The summed E-state index contributed by atoms with van der Waals surface area (Å²) in [5.74, 6) is -0.0884. The number of aromatic nitrogens is 4. The number of piperidine rings is 1. The molecule has 126 valence electrons. The third-order valence-corrected chi connectivity index (χ3v) is 3.91. The molecular formula is C14H18F3N5O. The van der Waals surface area contributed by atoms with E-state index in [9.17, 15) is 13.2 Å². The molecule has 0 radical (unpaired) electrons. The first-order chi connectivity index (χ1) is 11.0. The molecule has 3 heterocycles. The predicted octanol–water partition coefficient (Wildman–Crippen LogP) is 2.60. The number of hydrogen-bond donors (Lipinski definition) is 0. The molecule has 2 aromatic heterocycles. The second kappa shape index (κ2) is 6.69. The van der Waals surface area contributed by atoms with E-state index in [1.807, 2.05) is 16.9 Å². The Bertz CT molecular complexity index is 610. The molecule has 0 aliphatic carbocycles. The molecule has 0 amide bonds. The van der Waals surface area contributed by atoms with Gasteiger partial charge in [0.25, 0.3) is 0 Å². The highest BCUT2D eigenvalue weighted by Gasteiger charge is 2.33. The Balaban J connectivity index is 1.66. The highest BCUT2D eigenvalue weighted by molar-refractivity contribution is 4.94. The molecule has 0 bridgehead atoms. The molecule has 1 aliphatic heterocycles. The molecule has 2 aromatic rings. The number of likely N-dealkylation sites (tertiary alicyclic amines) is 1. The highest BCUT2D eigenvalue weighted by Crippen LogP contribution is 2.30. The minimum atomic E-state index is -4.34. The first-order valence-electron chi connectivity index (χ1n) is 7.62. The molecule has 1 atom stereocenters. The number of hydrogen-bond acceptors (Lipinski definition) is 5. The maximum atomic E-state index is 12.4. The summed E-state index contributed by atoms with van der Waals surface area (Å²) >= 11 is 0. The van der Waals surface area contributed by atoms with Gasteiger partial charge in [-0.15, -0.1) is 10.2 Å². The normalized spacial score (nSPS) is 20.0. The van der Waals surface area contributed by atoms with Crippen LogP contribution in [0.25, 0.3) is 0 Å². The summed E-state index contributed by atoms with van der Waals surface area (Å²) in [5.41, 5.74) is 0. The molecule has 23 heavy (non-hydrogen) atoms. The van der Waals surface area contributed by atoms with E-state index in [4.69, 9.17) is 4.42 Å². The lowest BCUT2D eigenvalue weighted by Crippen LogP contribution is -2.36. The van der Waals surface area contributed by atoms with Gasteiger partial charge >= 0.3 is 6.18 Å². The molecule has 6 nitrogen and oxygen atoms in total. The highest BCUT2D eigenvalue weighted by atomic mass is 19.4. The Labute approximate surface area is 131 Å². The van der Waals surface area contributed by atoms with Crippen molar-refractivity contribution in [3.8, 4) is 0 Å². The van der Waals surface area contributed by atoms with Gasteiger partial charge in [-0.25, -0.2) is 0 Å². The lowest BCUT2D eigenvalue weighted by molar-refractivity contribution is -0.131. The second-order valence-electron chi connectivity index (χ2n) is 5.64. The van der Waals surface area contributed by atoms with Crippen LogP contribution in [0.1, 0.15) is 37.1 Å². The third kappa shape index (κ3) is 4.31. The average Bonchev–Trinajstić information content (AvgIpc) is 3.15. The summed E-state index contributed by atoms with van der Waals surface area (Å²) in [6.45, 7) is 2.32. The van der Waals surface area contributed by atoms with Gasteiger partial charge in [0.2, 0.25) is 11.8 Å². The van der Waals surface area contributed by atoms with Gasteiger partial charge in [-0.1, -0.05) is 6.42 Å². The molecule has 0 spiro atoms. The SMILES string of the molecule is FC(F)(F)Cc1nnc([C@H]2CCCCN2CCn2cccn2)o1. The maximum absolute atomic E-state index is 12.4. The largest absolute Gasteiger partial charge is 0.423 e. The smallest absolute Gasteiger partial charge is 0.397 e. The van der Waals surface area contributed by atoms with Crippen molar-refractivity contribution in [1.82, 2.24) is 24.9 Å². The van der Waals surface area contributed by atoms with Crippen LogP contribution < -0.4 is 0 Å². The van der Waals surface area contributed by atoms with Gasteiger partial charge in [-0.3, -0.25) is 9.58 Å². The number of rotatable bonds is 5.